The molecule has 0 saturated carbocycles. The van der Waals surface area contributed by atoms with Gasteiger partial charge in [0.1, 0.15) is 5.75 Å². The van der Waals surface area contributed by atoms with Crippen LogP contribution in [0.5, 0.6) is 17.2 Å². The van der Waals surface area contributed by atoms with Crippen molar-refractivity contribution in [2.24, 2.45) is 0 Å². The van der Waals surface area contributed by atoms with E-state index in [1.807, 2.05) is 49.4 Å². The number of carbonyl (C=O) groups excluding carboxylic acids is 1. The highest BCUT2D eigenvalue weighted by Gasteiger charge is 2.22. The van der Waals surface area contributed by atoms with Crippen LogP contribution in [-0.2, 0) is 6.42 Å². The molecule has 0 N–H and O–H groups in total. The highest BCUT2D eigenvalue weighted by atomic mass is 16.5. The maximum Gasteiger partial charge on any atom is 0.189 e. The first kappa shape index (κ1) is 17.1. The number of ether oxygens (including phenoxy) is 3. The third-order valence-corrected chi connectivity index (χ3v) is 4.34. The summed E-state index contributed by atoms with van der Waals surface area (Å²) in [6.45, 7) is 2.51. The van der Waals surface area contributed by atoms with Gasteiger partial charge in [0, 0.05) is 11.1 Å². The number of aryl methyl sites for hydroxylation is 1. The van der Waals surface area contributed by atoms with E-state index in [0.717, 1.165) is 34.4 Å². The quantitative estimate of drug-likeness (QED) is 0.762. The topological polar surface area (TPSA) is 44.8 Å². The van der Waals surface area contributed by atoms with Gasteiger partial charge in [0.2, 0.25) is 0 Å². The smallest absolute Gasteiger partial charge is 0.189 e. The number of hydrogen-bond acceptors (Lipinski definition) is 4. The summed E-state index contributed by atoms with van der Waals surface area (Å²) in [7, 11) is 3.25. The lowest BCUT2D eigenvalue weighted by atomic mass is 9.86. The van der Waals surface area contributed by atoms with Crippen molar-refractivity contribution in [3.8, 4) is 17.2 Å². The summed E-state index contributed by atoms with van der Waals surface area (Å²) in [5.74, 6) is 2.25. The van der Waals surface area contributed by atoms with Crippen molar-refractivity contribution in [1.82, 2.24) is 0 Å². The SMILES string of the molecule is CCOc1ccc(/C=C2\CCc3cc(OC)ccc3C2=O)cc1OC. The molecule has 25 heavy (non-hydrogen) atoms. The third kappa shape index (κ3) is 3.53. The van der Waals surface area contributed by atoms with Gasteiger partial charge in [-0.15, -0.1) is 0 Å². The molecule has 4 heteroatoms. The van der Waals surface area contributed by atoms with E-state index < -0.39 is 0 Å². The first-order valence-corrected chi connectivity index (χ1v) is 8.39. The molecular formula is C21H22O4. The van der Waals surface area contributed by atoms with E-state index in [2.05, 4.69) is 0 Å². The lowest BCUT2D eigenvalue weighted by molar-refractivity contribution is 0.102. The maximum absolute atomic E-state index is 12.8. The highest BCUT2D eigenvalue weighted by Crippen LogP contribution is 2.32. The van der Waals surface area contributed by atoms with Crippen LogP contribution in [0.2, 0.25) is 0 Å². The number of rotatable bonds is 5. The van der Waals surface area contributed by atoms with Crippen molar-refractivity contribution in [2.45, 2.75) is 19.8 Å². The van der Waals surface area contributed by atoms with Crippen LogP contribution >= 0.6 is 0 Å². The van der Waals surface area contributed by atoms with E-state index in [-0.39, 0.29) is 5.78 Å². The van der Waals surface area contributed by atoms with Crippen LogP contribution in [0.1, 0.15) is 34.8 Å². The summed E-state index contributed by atoms with van der Waals surface area (Å²) in [5, 5.41) is 0. The molecule has 2 aromatic rings. The Morgan fingerprint density at radius 3 is 2.56 bits per heavy atom. The second-order valence-corrected chi connectivity index (χ2v) is 5.87. The number of hydrogen-bond donors (Lipinski definition) is 0. The Bertz CT molecular complexity index is 821. The Morgan fingerprint density at radius 2 is 1.84 bits per heavy atom. The molecule has 4 nitrogen and oxygen atoms in total. The Balaban J connectivity index is 1.90. The van der Waals surface area contributed by atoms with Gasteiger partial charge in [0.05, 0.1) is 20.8 Å². The summed E-state index contributed by atoms with van der Waals surface area (Å²) in [6.07, 6.45) is 3.49. The molecule has 0 heterocycles. The van der Waals surface area contributed by atoms with Gasteiger partial charge in [-0.1, -0.05) is 6.07 Å². The van der Waals surface area contributed by atoms with E-state index in [1.165, 1.54) is 0 Å². The van der Waals surface area contributed by atoms with E-state index in [9.17, 15) is 4.79 Å². The van der Waals surface area contributed by atoms with E-state index in [1.54, 1.807) is 14.2 Å². The Kier molecular flexibility index (Phi) is 5.08. The van der Waals surface area contributed by atoms with Gasteiger partial charge in [0.25, 0.3) is 0 Å². The number of carbonyl (C=O) groups is 1. The van der Waals surface area contributed by atoms with Crippen LogP contribution in [0.4, 0.5) is 0 Å². The van der Waals surface area contributed by atoms with Crippen LogP contribution in [-0.4, -0.2) is 26.6 Å². The third-order valence-electron chi connectivity index (χ3n) is 4.34. The number of allylic oxidation sites excluding steroid dienone is 1. The molecule has 0 saturated heterocycles. The molecule has 0 bridgehead atoms. The standard InChI is InChI=1S/C21H22O4/c1-4-25-19-10-5-14(12-20(19)24-3)11-16-7-6-15-13-17(23-2)8-9-18(15)21(16)22/h5,8-13H,4,6-7H2,1-3H3/b16-11+. The molecule has 0 aliphatic heterocycles. The fourth-order valence-electron chi connectivity index (χ4n) is 3.07. The highest BCUT2D eigenvalue weighted by molar-refractivity contribution is 6.13. The number of benzene rings is 2. The number of Topliss-reactive ketones (excluding diaryl/α,β-unsaturated/α-hetero) is 1. The van der Waals surface area contributed by atoms with Crippen molar-refractivity contribution < 1.29 is 19.0 Å². The minimum absolute atomic E-state index is 0.0803. The molecule has 130 valence electrons. The molecule has 0 fully saturated rings. The van der Waals surface area contributed by atoms with Gasteiger partial charge in [-0.3, -0.25) is 4.79 Å². The molecule has 0 amide bonds. The first-order chi connectivity index (χ1) is 12.2. The summed E-state index contributed by atoms with van der Waals surface area (Å²) >= 11 is 0. The summed E-state index contributed by atoms with van der Waals surface area (Å²) in [5.41, 5.74) is 3.55. The van der Waals surface area contributed by atoms with Crippen LogP contribution in [0, 0.1) is 0 Å². The molecule has 3 rings (SSSR count). The lowest BCUT2D eigenvalue weighted by Gasteiger charge is -2.18. The zero-order valence-corrected chi connectivity index (χ0v) is 14.8. The zero-order valence-electron chi connectivity index (χ0n) is 14.8. The van der Waals surface area contributed by atoms with E-state index in [0.29, 0.717) is 24.5 Å². The molecule has 0 spiro atoms. The summed E-state index contributed by atoms with van der Waals surface area (Å²) in [4.78, 5) is 12.8. The van der Waals surface area contributed by atoms with Gasteiger partial charge in [-0.05, 0) is 67.3 Å². The largest absolute Gasteiger partial charge is 0.497 e. The van der Waals surface area contributed by atoms with Crippen molar-refractivity contribution >= 4 is 11.9 Å². The normalized spacial score (nSPS) is 15.0. The Morgan fingerprint density at radius 1 is 1.00 bits per heavy atom. The molecule has 1 aliphatic rings. The molecule has 1 aliphatic carbocycles. The summed E-state index contributed by atoms with van der Waals surface area (Å²) in [6, 6.07) is 11.3. The molecule has 0 radical (unpaired) electrons. The van der Waals surface area contributed by atoms with Crippen LogP contribution in [0.3, 0.4) is 0 Å². The number of fused-ring (bicyclic) bond motifs is 1. The number of methoxy groups -OCH3 is 2. The summed E-state index contributed by atoms with van der Waals surface area (Å²) < 4.78 is 16.2. The second-order valence-electron chi connectivity index (χ2n) is 5.87. The van der Waals surface area contributed by atoms with Crippen molar-refractivity contribution in [3.63, 3.8) is 0 Å². The molecule has 2 aromatic carbocycles. The zero-order chi connectivity index (χ0) is 17.8. The van der Waals surface area contributed by atoms with Crippen LogP contribution in [0.15, 0.2) is 42.0 Å². The molecule has 0 atom stereocenters. The van der Waals surface area contributed by atoms with Gasteiger partial charge >= 0.3 is 0 Å². The monoisotopic (exact) mass is 338 g/mol. The fourth-order valence-corrected chi connectivity index (χ4v) is 3.07. The molecule has 0 unspecified atom stereocenters. The van der Waals surface area contributed by atoms with Gasteiger partial charge in [0.15, 0.2) is 17.3 Å². The van der Waals surface area contributed by atoms with Crippen molar-refractivity contribution in [1.29, 1.82) is 0 Å². The minimum Gasteiger partial charge on any atom is -0.497 e. The van der Waals surface area contributed by atoms with E-state index >= 15 is 0 Å². The van der Waals surface area contributed by atoms with Gasteiger partial charge in [-0.25, -0.2) is 0 Å². The average Bonchev–Trinajstić information content (AvgIpc) is 2.65. The molecule has 0 aromatic heterocycles. The van der Waals surface area contributed by atoms with Crippen molar-refractivity contribution in [2.75, 3.05) is 20.8 Å². The van der Waals surface area contributed by atoms with E-state index in [4.69, 9.17) is 14.2 Å². The predicted molar refractivity (Wildman–Crippen MR) is 97.8 cm³/mol. The fraction of sp³-hybridized carbons (Fsp3) is 0.286. The van der Waals surface area contributed by atoms with Gasteiger partial charge in [-0.2, -0.15) is 0 Å². The van der Waals surface area contributed by atoms with Crippen LogP contribution in [0.25, 0.3) is 6.08 Å². The first-order valence-electron chi connectivity index (χ1n) is 8.39. The van der Waals surface area contributed by atoms with Crippen LogP contribution < -0.4 is 14.2 Å². The Hall–Kier alpha value is -2.75. The second kappa shape index (κ2) is 7.43. The Labute approximate surface area is 148 Å². The number of ketones is 1. The predicted octanol–water partition coefficient (Wildman–Crippen LogP) is 4.32. The molecular weight excluding hydrogens is 316 g/mol. The maximum atomic E-state index is 12.8. The average molecular weight is 338 g/mol. The van der Waals surface area contributed by atoms with Crippen molar-refractivity contribution in [3.05, 3.63) is 58.7 Å². The lowest BCUT2D eigenvalue weighted by Crippen LogP contribution is -2.14. The van der Waals surface area contributed by atoms with Gasteiger partial charge < -0.3 is 14.2 Å². The minimum atomic E-state index is 0.0803.